The molecular formula is C12H18N4O3S. The van der Waals surface area contributed by atoms with Crippen molar-refractivity contribution in [1.29, 1.82) is 0 Å². The molecule has 2 rings (SSSR count). The van der Waals surface area contributed by atoms with Crippen molar-refractivity contribution >= 4 is 17.7 Å². The molecule has 1 N–H and O–H groups in total. The Morgan fingerprint density at radius 3 is 2.80 bits per heavy atom. The minimum atomic E-state index is -0.374. The van der Waals surface area contributed by atoms with Crippen molar-refractivity contribution in [2.45, 2.75) is 12.6 Å². The SMILES string of the molecule is CN(Cc1cn(C)c(=O)n(C)c1=O)C(=O)C1CSCN1. The van der Waals surface area contributed by atoms with Crippen LogP contribution in [0.4, 0.5) is 0 Å². The third-order valence-corrected chi connectivity index (χ3v) is 4.26. The van der Waals surface area contributed by atoms with Gasteiger partial charge >= 0.3 is 5.69 Å². The lowest BCUT2D eigenvalue weighted by molar-refractivity contribution is -0.131. The number of nitrogens with zero attached hydrogens (tertiary/aromatic N) is 3. The van der Waals surface area contributed by atoms with E-state index in [2.05, 4.69) is 5.32 Å². The Morgan fingerprint density at radius 1 is 1.50 bits per heavy atom. The fraction of sp³-hybridized carbons (Fsp3) is 0.583. The summed E-state index contributed by atoms with van der Waals surface area (Å²) in [6.45, 7) is 0.197. The van der Waals surface area contributed by atoms with Crippen molar-refractivity contribution < 1.29 is 4.79 Å². The lowest BCUT2D eigenvalue weighted by atomic mass is 10.2. The molecule has 1 atom stereocenters. The van der Waals surface area contributed by atoms with Crippen LogP contribution in [0.1, 0.15) is 5.56 Å². The van der Waals surface area contributed by atoms with Crippen molar-refractivity contribution in [3.8, 4) is 0 Å². The van der Waals surface area contributed by atoms with Gasteiger partial charge in [0.1, 0.15) is 0 Å². The minimum absolute atomic E-state index is 0.0362. The van der Waals surface area contributed by atoms with E-state index in [4.69, 9.17) is 0 Å². The van der Waals surface area contributed by atoms with E-state index in [0.29, 0.717) is 5.56 Å². The predicted octanol–water partition coefficient (Wildman–Crippen LogP) is -1.30. The average molecular weight is 298 g/mol. The zero-order chi connectivity index (χ0) is 14.9. The molecule has 1 aromatic heterocycles. The third kappa shape index (κ3) is 2.80. The molecule has 110 valence electrons. The van der Waals surface area contributed by atoms with Crippen molar-refractivity contribution in [2.24, 2.45) is 14.1 Å². The summed E-state index contributed by atoms with van der Waals surface area (Å²) in [4.78, 5) is 37.3. The third-order valence-electron chi connectivity index (χ3n) is 3.32. The highest BCUT2D eigenvalue weighted by Gasteiger charge is 2.26. The first-order chi connectivity index (χ1) is 9.41. The minimum Gasteiger partial charge on any atom is -0.340 e. The molecule has 1 fully saturated rings. The summed E-state index contributed by atoms with van der Waals surface area (Å²) in [5.74, 6) is 1.48. The maximum absolute atomic E-state index is 12.2. The molecule has 1 aliphatic heterocycles. The van der Waals surface area contributed by atoms with E-state index in [1.54, 1.807) is 25.9 Å². The monoisotopic (exact) mass is 298 g/mol. The van der Waals surface area contributed by atoms with Gasteiger partial charge in [-0.2, -0.15) is 0 Å². The molecule has 1 aromatic rings. The molecular weight excluding hydrogens is 280 g/mol. The van der Waals surface area contributed by atoms with Gasteiger partial charge in [-0.3, -0.25) is 19.5 Å². The van der Waals surface area contributed by atoms with E-state index in [1.807, 2.05) is 0 Å². The van der Waals surface area contributed by atoms with Crippen molar-refractivity contribution in [3.05, 3.63) is 32.6 Å². The van der Waals surface area contributed by atoms with Crippen LogP contribution in [0, 0.1) is 0 Å². The molecule has 0 saturated carbocycles. The molecule has 2 heterocycles. The number of nitrogens with one attached hydrogen (secondary N) is 1. The highest BCUT2D eigenvalue weighted by molar-refractivity contribution is 7.99. The highest BCUT2D eigenvalue weighted by Crippen LogP contribution is 2.12. The van der Waals surface area contributed by atoms with Crippen LogP contribution in [-0.4, -0.2) is 44.7 Å². The molecule has 7 nitrogen and oxygen atoms in total. The Kier molecular flexibility index (Phi) is 4.34. The van der Waals surface area contributed by atoms with E-state index in [-0.39, 0.29) is 29.7 Å². The number of carbonyl (C=O) groups is 1. The largest absolute Gasteiger partial charge is 0.340 e. The first-order valence-corrected chi connectivity index (χ1v) is 7.39. The second-order valence-corrected chi connectivity index (χ2v) is 5.91. The zero-order valence-electron chi connectivity index (χ0n) is 11.8. The van der Waals surface area contributed by atoms with Gasteiger partial charge in [-0.05, 0) is 0 Å². The van der Waals surface area contributed by atoms with Gasteiger partial charge in [0.15, 0.2) is 0 Å². The molecule has 1 amide bonds. The number of thioether (sulfide) groups is 1. The second kappa shape index (κ2) is 5.84. The predicted molar refractivity (Wildman–Crippen MR) is 77.6 cm³/mol. The number of hydrogen-bond donors (Lipinski definition) is 1. The van der Waals surface area contributed by atoms with E-state index < -0.39 is 0 Å². The molecule has 1 unspecified atom stereocenters. The Morgan fingerprint density at radius 2 is 2.20 bits per heavy atom. The Balaban J connectivity index is 2.19. The molecule has 0 aromatic carbocycles. The quantitative estimate of drug-likeness (QED) is 0.751. The standard InChI is InChI=1S/C12H18N4O3S/c1-14(11(18)9-6-20-7-13-9)4-8-5-15(2)12(19)16(3)10(8)17/h5,9,13H,4,6-7H2,1-3H3. The number of aryl methyl sites for hydroxylation is 1. The maximum atomic E-state index is 12.2. The number of likely N-dealkylation sites (N-methyl/N-ethyl adjacent to an activating group) is 1. The van der Waals surface area contributed by atoms with Gasteiger partial charge in [-0.1, -0.05) is 0 Å². The first-order valence-electron chi connectivity index (χ1n) is 6.23. The maximum Gasteiger partial charge on any atom is 0.330 e. The van der Waals surface area contributed by atoms with Crippen LogP contribution >= 0.6 is 11.8 Å². The smallest absolute Gasteiger partial charge is 0.330 e. The molecule has 0 bridgehead atoms. The van der Waals surface area contributed by atoms with E-state index >= 15 is 0 Å². The molecule has 1 aliphatic rings. The van der Waals surface area contributed by atoms with Gasteiger partial charge < -0.3 is 9.47 Å². The van der Waals surface area contributed by atoms with Crippen LogP contribution in [0.2, 0.25) is 0 Å². The number of amides is 1. The second-order valence-electron chi connectivity index (χ2n) is 4.88. The van der Waals surface area contributed by atoms with Crippen LogP contribution in [0.5, 0.6) is 0 Å². The Labute approximate surface area is 120 Å². The lowest BCUT2D eigenvalue weighted by Crippen LogP contribution is -2.45. The molecule has 1 saturated heterocycles. The van der Waals surface area contributed by atoms with Gasteiger partial charge in [0.2, 0.25) is 5.91 Å². The van der Waals surface area contributed by atoms with Crippen molar-refractivity contribution in [3.63, 3.8) is 0 Å². The van der Waals surface area contributed by atoms with Crippen LogP contribution < -0.4 is 16.6 Å². The van der Waals surface area contributed by atoms with Gasteiger partial charge in [0.05, 0.1) is 18.2 Å². The van der Waals surface area contributed by atoms with Crippen LogP contribution in [-0.2, 0) is 25.4 Å². The summed E-state index contributed by atoms with van der Waals surface area (Å²) >= 11 is 1.67. The van der Waals surface area contributed by atoms with Crippen molar-refractivity contribution in [1.82, 2.24) is 19.4 Å². The van der Waals surface area contributed by atoms with Crippen LogP contribution in [0.25, 0.3) is 0 Å². The molecule has 20 heavy (non-hydrogen) atoms. The van der Waals surface area contributed by atoms with Gasteiger partial charge in [0.25, 0.3) is 5.56 Å². The normalized spacial score (nSPS) is 18.2. The fourth-order valence-electron chi connectivity index (χ4n) is 2.14. The fourth-order valence-corrected chi connectivity index (χ4v) is 3.08. The molecule has 0 aliphatic carbocycles. The van der Waals surface area contributed by atoms with Gasteiger partial charge in [0, 0.05) is 39.0 Å². The lowest BCUT2D eigenvalue weighted by Gasteiger charge is -2.21. The number of aromatic nitrogens is 2. The molecule has 8 heteroatoms. The Bertz CT molecular complexity index is 631. The van der Waals surface area contributed by atoms with Gasteiger partial charge in [-0.15, -0.1) is 11.8 Å². The van der Waals surface area contributed by atoms with E-state index in [9.17, 15) is 14.4 Å². The molecule has 0 radical (unpaired) electrons. The summed E-state index contributed by atoms with van der Waals surface area (Å²) in [6.07, 6.45) is 1.49. The topological polar surface area (TPSA) is 76.3 Å². The number of carbonyl (C=O) groups excluding carboxylic acids is 1. The average Bonchev–Trinajstić information content (AvgIpc) is 2.95. The van der Waals surface area contributed by atoms with Crippen LogP contribution in [0.3, 0.4) is 0 Å². The highest BCUT2D eigenvalue weighted by atomic mass is 32.2. The van der Waals surface area contributed by atoms with Crippen LogP contribution in [0.15, 0.2) is 15.8 Å². The summed E-state index contributed by atoms with van der Waals surface area (Å²) in [6, 6.07) is -0.193. The summed E-state index contributed by atoms with van der Waals surface area (Å²) in [7, 11) is 4.69. The van der Waals surface area contributed by atoms with E-state index in [1.165, 1.54) is 22.7 Å². The summed E-state index contributed by atoms with van der Waals surface area (Å²) < 4.78 is 2.40. The number of rotatable bonds is 3. The summed E-state index contributed by atoms with van der Waals surface area (Å²) in [5, 5.41) is 3.10. The van der Waals surface area contributed by atoms with E-state index in [0.717, 1.165) is 16.2 Å². The Hall–Kier alpha value is -1.54. The summed E-state index contributed by atoms with van der Waals surface area (Å²) in [5.41, 5.74) is -0.306. The van der Waals surface area contributed by atoms with Crippen molar-refractivity contribution in [2.75, 3.05) is 18.7 Å². The van der Waals surface area contributed by atoms with Gasteiger partial charge in [-0.25, -0.2) is 4.79 Å². The first kappa shape index (κ1) is 14.9. The zero-order valence-corrected chi connectivity index (χ0v) is 12.6. The molecule has 0 spiro atoms. The number of hydrogen-bond acceptors (Lipinski definition) is 5.